The minimum absolute atomic E-state index is 0.0779. The molecule has 2 aromatic rings. The summed E-state index contributed by atoms with van der Waals surface area (Å²) in [5.74, 6) is 0.313. The van der Waals surface area contributed by atoms with Gasteiger partial charge in [-0.05, 0) is 61.1 Å². The highest BCUT2D eigenvalue weighted by Gasteiger charge is 2.40. The van der Waals surface area contributed by atoms with Crippen molar-refractivity contribution in [1.29, 1.82) is 0 Å². The molecule has 2 fully saturated rings. The van der Waals surface area contributed by atoms with Gasteiger partial charge in [0.1, 0.15) is 5.75 Å². The first-order valence-corrected chi connectivity index (χ1v) is 10.1. The number of methoxy groups -OCH3 is 1. The average molecular weight is 391 g/mol. The number of carbonyl (C=O) groups excluding carboxylic acids is 2. The summed E-state index contributed by atoms with van der Waals surface area (Å²) in [5.41, 5.74) is 2.84. The number of amides is 1. The van der Waals surface area contributed by atoms with Crippen molar-refractivity contribution in [3.63, 3.8) is 0 Å². The molecule has 0 unspecified atom stereocenters. The fourth-order valence-electron chi connectivity index (χ4n) is 4.16. The SMILES string of the molecule is COc1ccc(/C=C2\CCCN3C(=O)[C@H](OC(=O)c4ccccc4)CC[C@H]23)cc1. The molecule has 2 aromatic carbocycles. The lowest BCUT2D eigenvalue weighted by atomic mass is 9.86. The second kappa shape index (κ2) is 8.52. The normalized spacial score (nSPS) is 22.9. The molecule has 2 heterocycles. The summed E-state index contributed by atoms with van der Waals surface area (Å²) in [4.78, 5) is 27.3. The Kier molecular flexibility index (Phi) is 5.65. The molecule has 0 spiro atoms. The van der Waals surface area contributed by atoms with Crippen molar-refractivity contribution in [2.45, 2.75) is 37.8 Å². The van der Waals surface area contributed by atoms with E-state index >= 15 is 0 Å². The first kappa shape index (κ1) is 19.2. The monoisotopic (exact) mass is 391 g/mol. The zero-order valence-electron chi connectivity index (χ0n) is 16.5. The average Bonchev–Trinajstić information content (AvgIpc) is 2.77. The van der Waals surface area contributed by atoms with Gasteiger partial charge in [-0.3, -0.25) is 4.79 Å². The number of rotatable bonds is 4. The molecular weight excluding hydrogens is 366 g/mol. The van der Waals surface area contributed by atoms with E-state index in [1.54, 1.807) is 31.4 Å². The predicted octanol–water partition coefficient (Wildman–Crippen LogP) is 4.09. The van der Waals surface area contributed by atoms with Gasteiger partial charge in [-0.25, -0.2) is 4.79 Å². The molecule has 2 aliphatic rings. The lowest BCUT2D eigenvalue weighted by Crippen LogP contribution is -2.54. The number of hydrogen-bond donors (Lipinski definition) is 0. The van der Waals surface area contributed by atoms with Gasteiger partial charge in [0.2, 0.25) is 0 Å². The minimum atomic E-state index is -0.695. The second-order valence-electron chi connectivity index (χ2n) is 7.48. The number of nitrogens with zero attached hydrogens (tertiary/aromatic N) is 1. The van der Waals surface area contributed by atoms with Crippen molar-refractivity contribution in [2.24, 2.45) is 0 Å². The van der Waals surface area contributed by atoms with Crippen LogP contribution in [-0.2, 0) is 9.53 Å². The molecule has 5 heteroatoms. The molecule has 0 aliphatic carbocycles. The molecule has 1 amide bonds. The van der Waals surface area contributed by atoms with Gasteiger partial charge in [0.15, 0.2) is 6.10 Å². The molecular formula is C24H25NO4. The molecule has 150 valence electrons. The van der Waals surface area contributed by atoms with Crippen LogP contribution in [0.25, 0.3) is 6.08 Å². The molecule has 0 saturated carbocycles. The maximum absolute atomic E-state index is 13.0. The van der Waals surface area contributed by atoms with Gasteiger partial charge in [0, 0.05) is 6.54 Å². The topological polar surface area (TPSA) is 55.8 Å². The number of ether oxygens (including phenoxy) is 2. The number of piperidine rings is 2. The van der Waals surface area contributed by atoms with Gasteiger partial charge in [0.25, 0.3) is 5.91 Å². The van der Waals surface area contributed by atoms with Crippen LogP contribution in [0.5, 0.6) is 5.75 Å². The lowest BCUT2D eigenvalue weighted by Gasteiger charge is -2.43. The van der Waals surface area contributed by atoms with E-state index in [-0.39, 0.29) is 11.9 Å². The summed E-state index contributed by atoms with van der Waals surface area (Å²) in [6, 6.07) is 16.9. The largest absolute Gasteiger partial charge is 0.497 e. The predicted molar refractivity (Wildman–Crippen MR) is 111 cm³/mol. The van der Waals surface area contributed by atoms with E-state index in [1.165, 1.54) is 5.57 Å². The Morgan fingerprint density at radius 2 is 1.83 bits per heavy atom. The summed E-state index contributed by atoms with van der Waals surface area (Å²) in [7, 11) is 1.65. The molecule has 4 rings (SSSR count). The molecule has 0 bridgehead atoms. The molecule has 2 saturated heterocycles. The maximum Gasteiger partial charge on any atom is 0.338 e. The summed E-state index contributed by atoms with van der Waals surface area (Å²) in [5, 5.41) is 0. The van der Waals surface area contributed by atoms with Gasteiger partial charge < -0.3 is 14.4 Å². The van der Waals surface area contributed by atoms with E-state index in [1.807, 2.05) is 35.2 Å². The minimum Gasteiger partial charge on any atom is -0.497 e. The fraction of sp³-hybridized carbons (Fsp3) is 0.333. The molecule has 0 N–H and O–H groups in total. The van der Waals surface area contributed by atoms with Crippen molar-refractivity contribution in [3.05, 3.63) is 71.3 Å². The summed E-state index contributed by atoms with van der Waals surface area (Å²) in [6.45, 7) is 0.711. The van der Waals surface area contributed by atoms with Gasteiger partial charge in [-0.15, -0.1) is 0 Å². The van der Waals surface area contributed by atoms with E-state index in [2.05, 4.69) is 6.08 Å². The summed E-state index contributed by atoms with van der Waals surface area (Å²) in [6.07, 6.45) is 4.75. The Balaban J connectivity index is 1.47. The van der Waals surface area contributed by atoms with Gasteiger partial charge in [-0.2, -0.15) is 0 Å². The number of carbonyl (C=O) groups is 2. The summed E-state index contributed by atoms with van der Waals surface area (Å²) >= 11 is 0. The van der Waals surface area contributed by atoms with Crippen molar-refractivity contribution in [2.75, 3.05) is 13.7 Å². The van der Waals surface area contributed by atoms with Crippen molar-refractivity contribution in [3.8, 4) is 5.75 Å². The van der Waals surface area contributed by atoms with Crippen molar-refractivity contribution >= 4 is 18.0 Å². The highest BCUT2D eigenvalue weighted by molar-refractivity contribution is 5.92. The Labute approximate surface area is 170 Å². The van der Waals surface area contributed by atoms with E-state index < -0.39 is 12.1 Å². The maximum atomic E-state index is 13.0. The first-order valence-electron chi connectivity index (χ1n) is 10.1. The smallest absolute Gasteiger partial charge is 0.338 e. The molecule has 5 nitrogen and oxygen atoms in total. The zero-order chi connectivity index (χ0) is 20.2. The number of fused-ring (bicyclic) bond motifs is 1. The highest BCUT2D eigenvalue weighted by Crippen LogP contribution is 2.33. The fourth-order valence-corrected chi connectivity index (χ4v) is 4.16. The van der Waals surface area contributed by atoms with Crippen LogP contribution >= 0.6 is 0 Å². The molecule has 29 heavy (non-hydrogen) atoms. The van der Waals surface area contributed by atoms with Gasteiger partial charge in [0.05, 0.1) is 18.7 Å². The van der Waals surface area contributed by atoms with Crippen LogP contribution in [0.1, 0.15) is 41.6 Å². The number of esters is 1. The number of hydrogen-bond acceptors (Lipinski definition) is 4. The first-order chi connectivity index (χ1) is 14.2. The van der Waals surface area contributed by atoms with E-state index in [4.69, 9.17) is 9.47 Å². The summed E-state index contributed by atoms with van der Waals surface area (Å²) < 4.78 is 10.8. The van der Waals surface area contributed by atoms with Gasteiger partial charge >= 0.3 is 5.97 Å². The van der Waals surface area contributed by atoms with E-state index in [9.17, 15) is 9.59 Å². The Bertz CT molecular complexity index is 904. The molecule has 2 atom stereocenters. The lowest BCUT2D eigenvalue weighted by molar-refractivity contribution is -0.147. The molecule has 2 aliphatic heterocycles. The zero-order valence-corrected chi connectivity index (χ0v) is 16.5. The van der Waals surface area contributed by atoms with Gasteiger partial charge in [-0.1, -0.05) is 36.4 Å². The number of benzene rings is 2. The van der Waals surface area contributed by atoms with Crippen molar-refractivity contribution in [1.82, 2.24) is 4.90 Å². The standard InChI is InChI=1S/C24H25NO4/c1-28-20-11-9-17(10-12-20)16-19-8-5-15-25-21(19)13-14-22(23(25)26)29-24(27)18-6-3-2-4-7-18/h2-4,6-7,9-12,16,21-22H,5,8,13-15H2,1H3/b19-16+/t21-,22-/m1/s1. The Morgan fingerprint density at radius 3 is 2.55 bits per heavy atom. The molecule has 0 radical (unpaired) electrons. The Morgan fingerprint density at radius 1 is 1.07 bits per heavy atom. The van der Waals surface area contributed by atoms with Crippen LogP contribution < -0.4 is 4.74 Å². The third-order valence-corrected chi connectivity index (χ3v) is 5.66. The Hall–Kier alpha value is -3.08. The molecule has 0 aromatic heterocycles. The van der Waals surface area contributed by atoms with E-state index in [0.717, 1.165) is 30.6 Å². The van der Waals surface area contributed by atoms with Crippen LogP contribution in [-0.4, -0.2) is 42.6 Å². The van der Waals surface area contributed by atoms with Crippen LogP contribution in [0.15, 0.2) is 60.2 Å². The third kappa shape index (κ3) is 4.19. The van der Waals surface area contributed by atoms with Crippen LogP contribution in [0, 0.1) is 0 Å². The van der Waals surface area contributed by atoms with Crippen LogP contribution in [0.4, 0.5) is 0 Å². The second-order valence-corrected chi connectivity index (χ2v) is 7.48. The van der Waals surface area contributed by atoms with E-state index in [0.29, 0.717) is 18.5 Å². The highest BCUT2D eigenvalue weighted by atomic mass is 16.5. The third-order valence-electron chi connectivity index (χ3n) is 5.66. The van der Waals surface area contributed by atoms with Crippen LogP contribution in [0.3, 0.4) is 0 Å². The quantitative estimate of drug-likeness (QED) is 0.737. The van der Waals surface area contributed by atoms with Crippen molar-refractivity contribution < 1.29 is 19.1 Å². The van der Waals surface area contributed by atoms with Crippen LogP contribution in [0.2, 0.25) is 0 Å².